The number of sulfonamides is 1. The molecule has 0 atom stereocenters. The van der Waals surface area contributed by atoms with E-state index in [0.717, 1.165) is 17.5 Å². The van der Waals surface area contributed by atoms with Gasteiger partial charge in [-0.25, -0.2) is 8.42 Å². The first kappa shape index (κ1) is 14.6. The minimum Gasteiger partial charge on any atom is -0.282 e. The molecular weight excluding hydrogens is 281 g/mol. The normalized spacial score (nSPS) is 11.5. The molecule has 0 aliphatic carbocycles. The highest BCUT2D eigenvalue weighted by atomic mass is 35.5. The molecule has 0 fully saturated rings. The van der Waals surface area contributed by atoms with Crippen molar-refractivity contribution in [1.29, 1.82) is 0 Å². The van der Waals surface area contributed by atoms with Gasteiger partial charge in [0.25, 0.3) is 0 Å². The number of anilines is 1. The maximum atomic E-state index is 11.5. The largest absolute Gasteiger partial charge is 0.282 e. The van der Waals surface area contributed by atoms with Crippen molar-refractivity contribution >= 4 is 38.9 Å². The van der Waals surface area contributed by atoms with Gasteiger partial charge in [0.1, 0.15) is 5.21 Å². The van der Waals surface area contributed by atoms with Gasteiger partial charge in [0, 0.05) is 5.02 Å². The second kappa shape index (κ2) is 5.94. The summed E-state index contributed by atoms with van der Waals surface area (Å²) in [6, 6.07) is 3.62. The van der Waals surface area contributed by atoms with Crippen molar-refractivity contribution < 1.29 is 8.42 Å². The quantitative estimate of drug-likeness (QED) is 0.846. The average Bonchev–Trinajstić information content (AvgIpc) is 2.29. The lowest BCUT2D eigenvalue weighted by molar-refractivity contribution is 0.605. The van der Waals surface area contributed by atoms with E-state index < -0.39 is 15.2 Å². The zero-order chi connectivity index (χ0) is 13.1. The number of alkyl halides is 1. The molecule has 1 aromatic carbocycles. The molecule has 96 valence electrons. The summed E-state index contributed by atoms with van der Waals surface area (Å²) in [5.74, 6) is 0. The number of benzene rings is 1. The number of hydrogen-bond acceptors (Lipinski definition) is 2. The highest BCUT2D eigenvalue weighted by molar-refractivity contribution is 7.93. The fourth-order valence-electron chi connectivity index (χ4n) is 1.62. The van der Waals surface area contributed by atoms with E-state index in [4.69, 9.17) is 23.2 Å². The molecular formula is C11H15Cl2NO2S. The lowest BCUT2D eigenvalue weighted by atomic mass is 10.0. The van der Waals surface area contributed by atoms with Crippen molar-refractivity contribution in [3.05, 3.63) is 28.3 Å². The Labute approximate surface area is 112 Å². The molecule has 6 heteroatoms. The molecule has 0 radical (unpaired) electrons. The summed E-state index contributed by atoms with van der Waals surface area (Å²) < 4.78 is 25.6. The Morgan fingerprint density at radius 2 is 1.88 bits per heavy atom. The molecule has 0 spiro atoms. The molecule has 0 amide bonds. The first-order chi connectivity index (χ1) is 7.95. The van der Waals surface area contributed by atoms with Crippen LogP contribution in [-0.2, 0) is 22.9 Å². The molecule has 0 aliphatic heterocycles. The molecule has 1 rings (SSSR count). The van der Waals surface area contributed by atoms with Crippen LogP contribution < -0.4 is 4.72 Å². The van der Waals surface area contributed by atoms with Gasteiger partial charge >= 0.3 is 0 Å². The third-order valence-corrected chi connectivity index (χ3v) is 4.50. The maximum absolute atomic E-state index is 11.5. The lowest BCUT2D eigenvalue weighted by Crippen LogP contribution is -2.16. The molecule has 0 aromatic heterocycles. The van der Waals surface area contributed by atoms with Crippen molar-refractivity contribution in [2.45, 2.75) is 26.7 Å². The lowest BCUT2D eigenvalue weighted by Gasteiger charge is -2.15. The predicted molar refractivity (Wildman–Crippen MR) is 73.5 cm³/mol. The molecule has 1 aromatic rings. The van der Waals surface area contributed by atoms with Gasteiger partial charge in [0.05, 0.1) is 5.69 Å². The number of rotatable bonds is 5. The van der Waals surface area contributed by atoms with Gasteiger partial charge < -0.3 is 0 Å². The summed E-state index contributed by atoms with van der Waals surface area (Å²) in [4.78, 5) is 0. The second-order valence-corrected chi connectivity index (χ2v) is 6.31. The van der Waals surface area contributed by atoms with Crippen molar-refractivity contribution in [3.63, 3.8) is 0 Å². The number of hydrogen-bond donors (Lipinski definition) is 1. The van der Waals surface area contributed by atoms with Crippen LogP contribution in [0.1, 0.15) is 25.0 Å². The van der Waals surface area contributed by atoms with E-state index in [1.807, 2.05) is 19.9 Å². The van der Waals surface area contributed by atoms with Crippen LogP contribution in [0.5, 0.6) is 0 Å². The average molecular weight is 296 g/mol. The van der Waals surface area contributed by atoms with E-state index in [1.54, 1.807) is 6.07 Å². The van der Waals surface area contributed by atoms with Gasteiger partial charge in [-0.2, -0.15) is 0 Å². The number of aryl methyl sites for hydroxylation is 1. The highest BCUT2D eigenvalue weighted by Gasteiger charge is 2.15. The maximum Gasteiger partial charge on any atom is 0.246 e. The van der Waals surface area contributed by atoms with Crippen LogP contribution in [0.4, 0.5) is 5.69 Å². The third-order valence-electron chi connectivity index (χ3n) is 2.48. The summed E-state index contributed by atoms with van der Waals surface area (Å²) in [5.41, 5.74) is 2.29. The van der Waals surface area contributed by atoms with Crippen LogP contribution in [0, 0.1) is 0 Å². The second-order valence-electron chi connectivity index (χ2n) is 3.59. The van der Waals surface area contributed by atoms with Gasteiger partial charge in [-0.05, 0) is 30.0 Å². The van der Waals surface area contributed by atoms with Gasteiger partial charge in [-0.15, -0.1) is 11.6 Å². The standard InChI is InChI=1S/C11H15Cl2NO2S/c1-3-8-5-6-10(13)9(4-2)11(8)14-17(15,16)7-12/h5-6,14H,3-4,7H2,1-2H3. The van der Waals surface area contributed by atoms with Crippen LogP contribution in [0.15, 0.2) is 12.1 Å². The molecule has 0 saturated heterocycles. The van der Waals surface area contributed by atoms with Gasteiger partial charge in [-0.3, -0.25) is 4.72 Å². The fraction of sp³-hybridized carbons (Fsp3) is 0.455. The van der Waals surface area contributed by atoms with Crippen LogP contribution in [0.3, 0.4) is 0 Å². The summed E-state index contributed by atoms with van der Waals surface area (Å²) in [7, 11) is -3.50. The molecule has 3 nitrogen and oxygen atoms in total. The Balaban J connectivity index is 3.33. The molecule has 17 heavy (non-hydrogen) atoms. The predicted octanol–water partition coefficient (Wildman–Crippen LogP) is 3.40. The van der Waals surface area contributed by atoms with Crippen LogP contribution in [-0.4, -0.2) is 13.6 Å². The van der Waals surface area contributed by atoms with Gasteiger partial charge in [0.2, 0.25) is 10.0 Å². The number of nitrogens with one attached hydrogen (secondary N) is 1. The Morgan fingerprint density at radius 1 is 1.24 bits per heavy atom. The molecule has 1 N–H and O–H groups in total. The Hall–Kier alpha value is -0.450. The fourth-order valence-corrected chi connectivity index (χ4v) is 2.70. The van der Waals surface area contributed by atoms with Crippen molar-refractivity contribution in [3.8, 4) is 0 Å². The third kappa shape index (κ3) is 3.50. The smallest absolute Gasteiger partial charge is 0.246 e. The molecule has 0 bridgehead atoms. The molecule has 0 aliphatic rings. The Morgan fingerprint density at radius 3 is 2.35 bits per heavy atom. The Bertz CT molecular complexity index is 500. The van der Waals surface area contributed by atoms with Gasteiger partial charge in [0.15, 0.2) is 0 Å². The van der Waals surface area contributed by atoms with Crippen LogP contribution >= 0.6 is 23.2 Å². The zero-order valence-corrected chi connectivity index (χ0v) is 12.1. The van der Waals surface area contributed by atoms with E-state index >= 15 is 0 Å². The minimum absolute atomic E-state index is 0.466. The monoisotopic (exact) mass is 295 g/mol. The highest BCUT2D eigenvalue weighted by Crippen LogP contribution is 2.30. The SMILES string of the molecule is CCc1ccc(Cl)c(CC)c1NS(=O)(=O)CCl. The summed E-state index contributed by atoms with van der Waals surface area (Å²) in [6.07, 6.45) is 1.39. The van der Waals surface area contributed by atoms with E-state index in [9.17, 15) is 8.42 Å². The summed E-state index contributed by atoms with van der Waals surface area (Å²) in [5, 5.41) is 0.100. The summed E-state index contributed by atoms with van der Waals surface area (Å²) in [6.45, 7) is 3.89. The van der Waals surface area contributed by atoms with Crippen LogP contribution in [0.25, 0.3) is 0 Å². The first-order valence-corrected chi connectivity index (χ1v) is 7.88. The van der Waals surface area contributed by atoms with Gasteiger partial charge in [-0.1, -0.05) is 31.5 Å². The van der Waals surface area contributed by atoms with Crippen molar-refractivity contribution in [2.75, 3.05) is 9.93 Å². The zero-order valence-electron chi connectivity index (χ0n) is 9.76. The van der Waals surface area contributed by atoms with E-state index in [2.05, 4.69) is 4.72 Å². The van der Waals surface area contributed by atoms with E-state index in [-0.39, 0.29) is 0 Å². The summed E-state index contributed by atoms with van der Waals surface area (Å²) >= 11 is 11.5. The minimum atomic E-state index is -3.50. The Kier molecular flexibility index (Phi) is 5.10. The molecule has 0 unspecified atom stereocenters. The van der Waals surface area contributed by atoms with Crippen molar-refractivity contribution in [1.82, 2.24) is 0 Å². The molecule has 0 saturated carbocycles. The first-order valence-electron chi connectivity index (χ1n) is 5.31. The molecule has 0 heterocycles. The number of halogens is 2. The van der Waals surface area contributed by atoms with E-state index in [0.29, 0.717) is 17.1 Å². The van der Waals surface area contributed by atoms with Crippen LogP contribution in [0.2, 0.25) is 5.02 Å². The van der Waals surface area contributed by atoms with E-state index in [1.165, 1.54) is 0 Å². The topological polar surface area (TPSA) is 46.2 Å². The van der Waals surface area contributed by atoms with Crippen molar-refractivity contribution in [2.24, 2.45) is 0 Å².